The third-order valence-corrected chi connectivity index (χ3v) is 4.63. The summed E-state index contributed by atoms with van der Waals surface area (Å²) in [6.45, 7) is 3.10. The van der Waals surface area contributed by atoms with Gasteiger partial charge in [-0.05, 0) is 57.1 Å². The maximum Gasteiger partial charge on any atom is 0.229 e. The average Bonchev–Trinajstić information content (AvgIpc) is 2.39. The predicted octanol–water partition coefficient (Wildman–Crippen LogP) is 2.47. The van der Waals surface area contributed by atoms with Crippen LogP contribution in [0.25, 0.3) is 0 Å². The number of likely N-dealkylation sites (tertiary alicyclic amines) is 1. The van der Waals surface area contributed by atoms with Crippen LogP contribution >= 0.6 is 11.6 Å². The largest absolute Gasteiger partial charge is 0.384 e. The molecular weight excluding hydrogens is 310 g/mol. The van der Waals surface area contributed by atoms with Crippen LogP contribution in [0.1, 0.15) is 12.8 Å². The molecule has 0 bridgehead atoms. The second kappa shape index (κ2) is 6.85. The highest BCUT2D eigenvalue weighted by Gasteiger charge is 2.16. The van der Waals surface area contributed by atoms with Crippen LogP contribution in [0.2, 0.25) is 5.02 Å². The molecule has 1 fully saturated rings. The lowest BCUT2D eigenvalue weighted by Crippen LogP contribution is -2.32. The number of piperidine rings is 1. The number of anilines is 2. The summed E-state index contributed by atoms with van der Waals surface area (Å²) in [4.78, 5) is 2.33. The van der Waals surface area contributed by atoms with Gasteiger partial charge in [-0.15, -0.1) is 0 Å². The molecule has 7 heteroatoms. The molecule has 2 rings (SSSR count). The highest BCUT2D eigenvalue weighted by molar-refractivity contribution is 7.92. The van der Waals surface area contributed by atoms with E-state index in [2.05, 4.69) is 22.0 Å². The molecule has 1 aliphatic heterocycles. The van der Waals surface area contributed by atoms with Crippen molar-refractivity contribution in [2.75, 3.05) is 43.0 Å². The van der Waals surface area contributed by atoms with Crippen molar-refractivity contribution in [1.29, 1.82) is 0 Å². The summed E-state index contributed by atoms with van der Waals surface area (Å²) in [5.74, 6) is 0.629. The summed E-state index contributed by atoms with van der Waals surface area (Å²) in [5.41, 5.74) is 1.29. The first kappa shape index (κ1) is 16.4. The molecule has 1 heterocycles. The van der Waals surface area contributed by atoms with E-state index in [1.54, 1.807) is 18.2 Å². The standard InChI is InChI=1S/C14H22ClN3O2S/c1-18-7-5-11(6-8-18)10-16-14-9-12(3-4-13(14)15)17-21(2,19)20/h3-4,9,11,16-17H,5-8,10H2,1-2H3. The molecule has 0 amide bonds. The van der Waals surface area contributed by atoms with Crippen LogP contribution < -0.4 is 10.0 Å². The van der Waals surface area contributed by atoms with E-state index >= 15 is 0 Å². The first-order chi connectivity index (χ1) is 9.83. The van der Waals surface area contributed by atoms with Gasteiger partial charge < -0.3 is 10.2 Å². The number of nitrogens with one attached hydrogen (secondary N) is 2. The van der Waals surface area contributed by atoms with E-state index in [9.17, 15) is 8.42 Å². The number of benzene rings is 1. The van der Waals surface area contributed by atoms with Gasteiger partial charge in [-0.1, -0.05) is 11.6 Å². The molecule has 0 atom stereocenters. The Morgan fingerprint density at radius 2 is 2.00 bits per heavy atom. The molecule has 1 aromatic rings. The number of hydrogen-bond donors (Lipinski definition) is 2. The van der Waals surface area contributed by atoms with Gasteiger partial charge in [0.1, 0.15) is 0 Å². The van der Waals surface area contributed by atoms with Crippen LogP contribution in [-0.4, -0.2) is 46.3 Å². The van der Waals surface area contributed by atoms with E-state index in [-0.39, 0.29) is 0 Å². The lowest BCUT2D eigenvalue weighted by atomic mass is 9.97. The molecule has 0 aromatic heterocycles. The molecule has 0 saturated carbocycles. The quantitative estimate of drug-likeness (QED) is 0.870. The molecule has 2 N–H and O–H groups in total. The summed E-state index contributed by atoms with van der Waals surface area (Å²) in [6.07, 6.45) is 3.47. The van der Waals surface area contributed by atoms with Gasteiger partial charge in [0.2, 0.25) is 10.0 Å². The molecule has 1 saturated heterocycles. The topological polar surface area (TPSA) is 61.4 Å². The van der Waals surface area contributed by atoms with Crippen molar-refractivity contribution in [3.8, 4) is 0 Å². The number of hydrogen-bond acceptors (Lipinski definition) is 4. The molecule has 0 spiro atoms. The summed E-state index contributed by atoms with van der Waals surface area (Å²) in [6, 6.07) is 5.09. The van der Waals surface area contributed by atoms with Crippen LogP contribution in [0.5, 0.6) is 0 Å². The molecule has 118 valence electrons. The molecule has 21 heavy (non-hydrogen) atoms. The monoisotopic (exact) mass is 331 g/mol. The van der Waals surface area contributed by atoms with Gasteiger partial charge in [-0.25, -0.2) is 8.42 Å². The minimum Gasteiger partial charge on any atom is -0.384 e. The van der Waals surface area contributed by atoms with E-state index in [0.717, 1.165) is 31.6 Å². The number of rotatable bonds is 5. The minimum absolute atomic E-state index is 0.521. The van der Waals surface area contributed by atoms with Gasteiger partial charge in [0.25, 0.3) is 0 Å². The first-order valence-electron chi connectivity index (χ1n) is 7.03. The maximum atomic E-state index is 11.3. The number of sulfonamides is 1. The smallest absolute Gasteiger partial charge is 0.229 e. The van der Waals surface area contributed by atoms with E-state index in [0.29, 0.717) is 16.6 Å². The van der Waals surface area contributed by atoms with E-state index in [1.807, 2.05) is 0 Å². The van der Waals surface area contributed by atoms with Crippen LogP contribution in [0.15, 0.2) is 18.2 Å². The molecule has 0 radical (unpaired) electrons. The highest BCUT2D eigenvalue weighted by Crippen LogP contribution is 2.27. The second-order valence-electron chi connectivity index (χ2n) is 5.70. The van der Waals surface area contributed by atoms with Crippen LogP contribution in [-0.2, 0) is 10.0 Å². The lowest BCUT2D eigenvalue weighted by molar-refractivity contribution is 0.226. The van der Waals surface area contributed by atoms with Gasteiger partial charge in [0.15, 0.2) is 0 Å². The average molecular weight is 332 g/mol. The zero-order valence-electron chi connectivity index (χ0n) is 12.4. The molecule has 0 aliphatic carbocycles. The van der Waals surface area contributed by atoms with Crippen molar-refractivity contribution in [1.82, 2.24) is 4.90 Å². The van der Waals surface area contributed by atoms with E-state index in [1.165, 1.54) is 12.8 Å². The molecular formula is C14H22ClN3O2S. The highest BCUT2D eigenvalue weighted by atomic mass is 35.5. The Morgan fingerprint density at radius 1 is 1.33 bits per heavy atom. The van der Waals surface area contributed by atoms with E-state index in [4.69, 9.17) is 11.6 Å². The Morgan fingerprint density at radius 3 is 2.62 bits per heavy atom. The van der Waals surface area contributed by atoms with Crippen molar-refractivity contribution in [3.05, 3.63) is 23.2 Å². The number of nitrogens with zero attached hydrogens (tertiary/aromatic N) is 1. The third-order valence-electron chi connectivity index (χ3n) is 3.69. The van der Waals surface area contributed by atoms with Crippen molar-refractivity contribution in [2.24, 2.45) is 5.92 Å². The Balaban J connectivity index is 1.97. The molecule has 5 nitrogen and oxygen atoms in total. The van der Waals surface area contributed by atoms with Crippen molar-refractivity contribution in [2.45, 2.75) is 12.8 Å². The third kappa shape index (κ3) is 5.37. The predicted molar refractivity (Wildman–Crippen MR) is 88.6 cm³/mol. The fraction of sp³-hybridized carbons (Fsp3) is 0.571. The Bertz CT molecular complexity index is 584. The fourth-order valence-electron chi connectivity index (χ4n) is 2.46. The lowest BCUT2D eigenvalue weighted by Gasteiger charge is -2.29. The first-order valence-corrected chi connectivity index (χ1v) is 9.30. The van der Waals surface area contributed by atoms with Crippen LogP contribution in [0, 0.1) is 5.92 Å². The van der Waals surface area contributed by atoms with Gasteiger partial charge in [0.05, 0.1) is 22.7 Å². The summed E-state index contributed by atoms with van der Waals surface area (Å²) >= 11 is 6.16. The Kier molecular flexibility index (Phi) is 5.35. The summed E-state index contributed by atoms with van der Waals surface area (Å²) < 4.78 is 25.0. The van der Waals surface area contributed by atoms with Crippen LogP contribution in [0.3, 0.4) is 0 Å². The van der Waals surface area contributed by atoms with Crippen LogP contribution in [0.4, 0.5) is 11.4 Å². The van der Waals surface area contributed by atoms with Gasteiger partial charge in [0, 0.05) is 6.54 Å². The Labute approximate surface area is 131 Å². The van der Waals surface area contributed by atoms with Gasteiger partial charge in [-0.3, -0.25) is 4.72 Å². The fourth-order valence-corrected chi connectivity index (χ4v) is 3.20. The molecule has 1 aromatic carbocycles. The second-order valence-corrected chi connectivity index (χ2v) is 7.85. The van der Waals surface area contributed by atoms with Gasteiger partial charge in [-0.2, -0.15) is 0 Å². The van der Waals surface area contributed by atoms with Crippen molar-refractivity contribution >= 4 is 33.0 Å². The normalized spacial score (nSPS) is 17.7. The molecule has 1 aliphatic rings. The Hall–Kier alpha value is -0.980. The summed E-state index contributed by atoms with van der Waals surface area (Å²) in [7, 11) is -1.13. The zero-order chi connectivity index (χ0) is 15.5. The SMILES string of the molecule is CN1CCC(CNc2cc(NS(C)(=O)=O)ccc2Cl)CC1. The number of halogens is 1. The van der Waals surface area contributed by atoms with Crippen molar-refractivity contribution in [3.63, 3.8) is 0 Å². The zero-order valence-corrected chi connectivity index (χ0v) is 14.0. The van der Waals surface area contributed by atoms with Gasteiger partial charge >= 0.3 is 0 Å². The molecule has 0 unspecified atom stereocenters. The van der Waals surface area contributed by atoms with E-state index < -0.39 is 10.0 Å². The minimum atomic E-state index is -3.27. The summed E-state index contributed by atoms with van der Waals surface area (Å²) in [5, 5.41) is 3.94. The van der Waals surface area contributed by atoms with Crippen molar-refractivity contribution < 1.29 is 8.42 Å². The maximum absolute atomic E-state index is 11.3.